The lowest BCUT2D eigenvalue weighted by Crippen LogP contribution is -1.97. The van der Waals surface area contributed by atoms with Crippen molar-refractivity contribution in [3.63, 3.8) is 0 Å². The highest BCUT2D eigenvalue weighted by Gasteiger charge is 2.14. The molecule has 1 N–H and O–H groups in total. The lowest BCUT2D eigenvalue weighted by molar-refractivity contribution is 0.635. The van der Waals surface area contributed by atoms with Crippen LogP contribution >= 0.6 is 0 Å². The van der Waals surface area contributed by atoms with Gasteiger partial charge in [-0.3, -0.25) is 0 Å². The third kappa shape index (κ3) is 2.81. The average Bonchev–Trinajstić information content (AvgIpc) is 2.73. The van der Waals surface area contributed by atoms with Gasteiger partial charge in [0.1, 0.15) is 5.82 Å². The first kappa shape index (κ1) is 12.9. The van der Waals surface area contributed by atoms with Crippen LogP contribution in [0, 0.1) is 5.92 Å². The Morgan fingerprint density at radius 1 is 1.06 bits per heavy atom. The van der Waals surface area contributed by atoms with E-state index in [-0.39, 0.29) is 0 Å². The van der Waals surface area contributed by atoms with E-state index in [4.69, 9.17) is 4.98 Å². The predicted octanol–water partition coefficient (Wildman–Crippen LogP) is 4.40. The van der Waals surface area contributed by atoms with Crippen molar-refractivity contribution in [3.8, 4) is 11.3 Å². The molecule has 2 nitrogen and oxygen atoms in total. The Hall–Kier alpha value is -1.57. The second-order valence-corrected chi connectivity index (χ2v) is 5.57. The van der Waals surface area contributed by atoms with Crippen molar-refractivity contribution in [2.24, 2.45) is 5.92 Å². The zero-order chi connectivity index (χ0) is 13.1. The van der Waals surface area contributed by atoms with Crippen LogP contribution in [0.25, 0.3) is 11.3 Å². The number of hydrogen-bond acceptors (Lipinski definition) is 1. The van der Waals surface area contributed by atoms with Crippen LogP contribution in [0.3, 0.4) is 0 Å². The summed E-state index contributed by atoms with van der Waals surface area (Å²) in [6, 6.07) is 10.4. The molecule has 0 aliphatic heterocycles. The van der Waals surface area contributed by atoms with E-state index in [1.807, 2.05) is 6.07 Å². The highest BCUT2D eigenvalue weighted by Crippen LogP contribution is 2.25. The van der Waals surface area contributed by atoms with Gasteiger partial charge in [0.25, 0.3) is 0 Å². The summed E-state index contributed by atoms with van der Waals surface area (Å²) < 4.78 is 0. The molecule has 18 heavy (non-hydrogen) atoms. The second kappa shape index (κ2) is 5.38. The lowest BCUT2D eigenvalue weighted by Gasteiger charge is -2.05. The van der Waals surface area contributed by atoms with Crippen LogP contribution in [0.5, 0.6) is 0 Å². The van der Waals surface area contributed by atoms with E-state index in [1.54, 1.807) is 0 Å². The molecule has 0 unspecified atom stereocenters. The van der Waals surface area contributed by atoms with E-state index in [2.05, 4.69) is 56.9 Å². The van der Waals surface area contributed by atoms with Gasteiger partial charge in [0.2, 0.25) is 0 Å². The molecular weight excluding hydrogens is 220 g/mol. The topological polar surface area (TPSA) is 28.7 Å². The molecule has 1 heterocycles. The molecule has 2 rings (SSSR count). The van der Waals surface area contributed by atoms with E-state index in [1.165, 1.54) is 11.3 Å². The Kier molecular flexibility index (Phi) is 3.85. The van der Waals surface area contributed by atoms with E-state index in [0.29, 0.717) is 11.8 Å². The maximum atomic E-state index is 4.78. The van der Waals surface area contributed by atoms with Crippen molar-refractivity contribution in [1.82, 2.24) is 9.97 Å². The van der Waals surface area contributed by atoms with Crippen LogP contribution in [0.4, 0.5) is 0 Å². The number of nitrogens with zero attached hydrogens (tertiary/aromatic N) is 1. The molecule has 0 atom stereocenters. The highest BCUT2D eigenvalue weighted by molar-refractivity contribution is 5.62. The molecule has 2 aromatic rings. The number of rotatable bonds is 4. The van der Waals surface area contributed by atoms with Gasteiger partial charge in [0, 0.05) is 17.2 Å². The Labute approximate surface area is 109 Å². The summed E-state index contributed by atoms with van der Waals surface area (Å²) in [5, 5.41) is 0. The number of benzene rings is 1. The third-order valence-electron chi connectivity index (χ3n) is 3.00. The number of hydrogen-bond donors (Lipinski definition) is 1. The molecule has 0 radical (unpaired) electrons. The minimum atomic E-state index is 0.438. The number of imidazole rings is 1. The van der Waals surface area contributed by atoms with Crippen LogP contribution in [-0.4, -0.2) is 9.97 Å². The first-order valence-electron chi connectivity index (χ1n) is 6.72. The summed E-state index contributed by atoms with van der Waals surface area (Å²) in [6.45, 7) is 8.83. The van der Waals surface area contributed by atoms with Crippen molar-refractivity contribution >= 4 is 0 Å². The van der Waals surface area contributed by atoms with Crippen LogP contribution in [0.1, 0.15) is 45.1 Å². The molecule has 0 fully saturated rings. The fourth-order valence-electron chi connectivity index (χ4n) is 2.09. The van der Waals surface area contributed by atoms with Crippen LogP contribution in [0.2, 0.25) is 0 Å². The van der Waals surface area contributed by atoms with E-state index in [9.17, 15) is 0 Å². The molecule has 0 saturated heterocycles. The van der Waals surface area contributed by atoms with E-state index in [0.717, 1.165) is 17.9 Å². The van der Waals surface area contributed by atoms with Gasteiger partial charge in [-0.2, -0.15) is 0 Å². The Morgan fingerprint density at radius 2 is 1.72 bits per heavy atom. The molecule has 96 valence electrons. The van der Waals surface area contributed by atoms with Gasteiger partial charge < -0.3 is 4.98 Å². The van der Waals surface area contributed by atoms with Gasteiger partial charge in [-0.15, -0.1) is 0 Å². The van der Waals surface area contributed by atoms with Crippen LogP contribution < -0.4 is 0 Å². The van der Waals surface area contributed by atoms with E-state index >= 15 is 0 Å². The van der Waals surface area contributed by atoms with Crippen molar-refractivity contribution in [3.05, 3.63) is 41.9 Å². The monoisotopic (exact) mass is 242 g/mol. The summed E-state index contributed by atoms with van der Waals surface area (Å²) in [4.78, 5) is 8.28. The molecule has 0 aliphatic carbocycles. The molecule has 0 amide bonds. The van der Waals surface area contributed by atoms with E-state index < -0.39 is 0 Å². The molecule has 0 bridgehead atoms. The molecule has 0 saturated carbocycles. The highest BCUT2D eigenvalue weighted by atomic mass is 14.9. The maximum Gasteiger partial charge on any atom is 0.109 e. The smallest absolute Gasteiger partial charge is 0.109 e. The number of aromatic amines is 1. The number of aromatic nitrogens is 2. The Morgan fingerprint density at radius 3 is 2.28 bits per heavy atom. The van der Waals surface area contributed by atoms with Crippen molar-refractivity contribution in [2.45, 2.75) is 40.0 Å². The molecule has 2 heteroatoms. The van der Waals surface area contributed by atoms with Crippen molar-refractivity contribution in [1.29, 1.82) is 0 Å². The molecule has 0 spiro atoms. The maximum absolute atomic E-state index is 4.78. The largest absolute Gasteiger partial charge is 0.345 e. The predicted molar refractivity (Wildman–Crippen MR) is 76.7 cm³/mol. The van der Waals surface area contributed by atoms with Crippen molar-refractivity contribution in [2.75, 3.05) is 0 Å². The lowest BCUT2D eigenvalue weighted by atomic mass is 10.0. The molecule has 1 aromatic heterocycles. The molecule has 1 aromatic carbocycles. The quantitative estimate of drug-likeness (QED) is 0.845. The standard InChI is InChI=1S/C16H22N2/c1-11(2)10-14-15(13-8-6-5-7-9-13)18-16(17-14)12(3)4/h5-9,11-12H,10H2,1-4H3,(H,17,18). The number of H-pyrrole nitrogens is 1. The van der Waals surface area contributed by atoms with Gasteiger partial charge in [0.15, 0.2) is 0 Å². The summed E-state index contributed by atoms with van der Waals surface area (Å²) >= 11 is 0. The van der Waals surface area contributed by atoms with Gasteiger partial charge >= 0.3 is 0 Å². The average molecular weight is 242 g/mol. The first-order valence-corrected chi connectivity index (χ1v) is 6.72. The summed E-state index contributed by atoms with van der Waals surface area (Å²) in [6.07, 6.45) is 1.05. The first-order chi connectivity index (χ1) is 8.58. The normalized spacial score (nSPS) is 11.4. The fraction of sp³-hybridized carbons (Fsp3) is 0.438. The summed E-state index contributed by atoms with van der Waals surface area (Å²) in [7, 11) is 0. The zero-order valence-corrected chi connectivity index (χ0v) is 11.7. The van der Waals surface area contributed by atoms with Crippen LogP contribution in [-0.2, 0) is 6.42 Å². The SMILES string of the molecule is CC(C)Cc1[nH]c(C(C)C)nc1-c1ccccc1. The minimum absolute atomic E-state index is 0.438. The van der Waals surface area contributed by atoms with Gasteiger partial charge in [-0.25, -0.2) is 4.98 Å². The Balaban J connectivity index is 2.44. The molecular formula is C16H22N2. The second-order valence-electron chi connectivity index (χ2n) is 5.57. The van der Waals surface area contributed by atoms with Gasteiger partial charge in [-0.05, 0) is 12.3 Å². The van der Waals surface area contributed by atoms with Gasteiger partial charge in [-0.1, -0.05) is 58.0 Å². The summed E-state index contributed by atoms with van der Waals surface area (Å²) in [5.74, 6) is 2.16. The Bertz CT molecular complexity index is 495. The molecule has 0 aliphatic rings. The zero-order valence-electron chi connectivity index (χ0n) is 11.7. The summed E-state index contributed by atoms with van der Waals surface area (Å²) in [5.41, 5.74) is 3.59. The number of nitrogens with one attached hydrogen (secondary N) is 1. The van der Waals surface area contributed by atoms with Gasteiger partial charge in [0.05, 0.1) is 5.69 Å². The third-order valence-corrected chi connectivity index (χ3v) is 3.00. The fourth-order valence-corrected chi connectivity index (χ4v) is 2.09. The minimum Gasteiger partial charge on any atom is -0.345 e. The van der Waals surface area contributed by atoms with Crippen molar-refractivity contribution < 1.29 is 0 Å². The van der Waals surface area contributed by atoms with Crippen LogP contribution in [0.15, 0.2) is 30.3 Å².